The normalized spacial score (nSPS) is 11.0. The van der Waals surface area contributed by atoms with E-state index in [-0.39, 0.29) is 28.5 Å². The summed E-state index contributed by atoms with van der Waals surface area (Å²) in [4.78, 5) is 25.4. The van der Waals surface area contributed by atoms with Gasteiger partial charge < -0.3 is 14.5 Å². The van der Waals surface area contributed by atoms with Crippen molar-refractivity contribution in [3.05, 3.63) is 64.3 Å². The number of tetrazole rings is 1. The maximum Gasteiger partial charge on any atom is 0.255 e. The predicted octanol–water partition coefficient (Wildman–Crippen LogP) is 5.35. The Balaban J connectivity index is 1.37. The Morgan fingerprint density at radius 1 is 1.03 bits per heavy atom. The number of H-pyrrole nitrogens is 1. The fraction of sp³-hybridized carbons (Fsp3) is 0.346. The molecule has 0 aliphatic carbocycles. The second-order valence-corrected chi connectivity index (χ2v) is 8.34. The van der Waals surface area contributed by atoms with Gasteiger partial charge in [-0.15, -0.1) is 10.2 Å². The van der Waals surface area contributed by atoms with E-state index in [0.717, 1.165) is 12.2 Å². The zero-order valence-electron chi connectivity index (χ0n) is 19.8. The number of anilines is 1. The van der Waals surface area contributed by atoms with Crippen LogP contribution in [-0.2, 0) is 0 Å². The molecule has 2 aromatic heterocycles. The fourth-order valence-corrected chi connectivity index (χ4v) is 3.80. The van der Waals surface area contributed by atoms with Crippen molar-refractivity contribution in [3.63, 3.8) is 0 Å². The van der Waals surface area contributed by atoms with Crippen molar-refractivity contribution in [2.75, 3.05) is 11.9 Å². The number of para-hydroxylation sites is 1. The molecule has 182 valence electrons. The van der Waals surface area contributed by atoms with Crippen LogP contribution in [0, 0.1) is 0 Å². The van der Waals surface area contributed by atoms with E-state index in [2.05, 4.69) is 32.9 Å². The number of unbranched alkanes of at least 4 members (excludes halogenated alkanes) is 6. The minimum absolute atomic E-state index is 0.150. The molecule has 1 amide bonds. The average Bonchev–Trinajstić information content (AvgIpc) is 3.42. The summed E-state index contributed by atoms with van der Waals surface area (Å²) in [7, 11) is 0. The number of benzene rings is 2. The van der Waals surface area contributed by atoms with Crippen LogP contribution < -0.4 is 15.5 Å². The summed E-state index contributed by atoms with van der Waals surface area (Å²) in [6.45, 7) is 2.89. The second-order valence-electron chi connectivity index (χ2n) is 8.34. The highest BCUT2D eigenvalue weighted by molar-refractivity contribution is 6.08. The van der Waals surface area contributed by atoms with Crippen molar-refractivity contribution in [1.82, 2.24) is 20.6 Å². The molecule has 4 rings (SSSR count). The Labute approximate surface area is 202 Å². The van der Waals surface area contributed by atoms with Crippen molar-refractivity contribution in [1.29, 1.82) is 0 Å². The van der Waals surface area contributed by atoms with Crippen LogP contribution in [0.4, 0.5) is 5.69 Å². The summed E-state index contributed by atoms with van der Waals surface area (Å²) in [5.74, 6) is 0.704. The van der Waals surface area contributed by atoms with Gasteiger partial charge in [0.05, 0.1) is 17.7 Å². The van der Waals surface area contributed by atoms with Crippen molar-refractivity contribution in [2.24, 2.45) is 0 Å². The van der Waals surface area contributed by atoms with E-state index in [1.54, 1.807) is 42.5 Å². The number of rotatable bonds is 12. The van der Waals surface area contributed by atoms with E-state index in [9.17, 15) is 9.59 Å². The quantitative estimate of drug-likeness (QED) is 0.265. The first-order valence-electron chi connectivity index (χ1n) is 12.0. The molecule has 0 aliphatic rings. The molecule has 0 atom stereocenters. The summed E-state index contributed by atoms with van der Waals surface area (Å²) in [5, 5.41) is 16.7. The Kier molecular flexibility index (Phi) is 8.21. The second kappa shape index (κ2) is 11.9. The smallest absolute Gasteiger partial charge is 0.255 e. The molecule has 9 nitrogen and oxygen atoms in total. The van der Waals surface area contributed by atoms with Crippen molar-refractivity contribution in [3.8, 4) is 17.3 Å². The number of nitrogens with one attached hydrogen (secondary N) is 2. The van der Waals surface area contributed by atoms with E-state index in [4.69, 9.17) is 9.15 Å². The molecule has 0 saturated heterocycles. The largest absolute Gasteiger partial charge is 0.494 e. The zero-order chi connectivity index (χ0) is 24.5. The van der Waals surface area contributed by atoms with E-state index < -0.39 is 0 Å². The Morgan fingerprint density at radius 2 is 1.80 bits per heavy atom. The lowest BCUT2D eigenvalue weighted by Gasteiger charge is -2.10. The molecular weight excluding hydrogens is 446 g/mol. The van der Waals surface area contributed by atoms with Crippen LogP contribution >= 0.6 is 0 Å². The number of carbonyl (C=O) groups excluding carboxylic acids is 1. The van der Waals surface area contributed by atoms with Gasteiger partial charge in [-0.3, -0.25) is 9.59 Å². The Morgan fingerprint density at radius 3 is 2.54 bits per heavy atom. The zero-order valence-corrected chi connectivity index (χ0v) is 19.8. The van der Waals surface area contributed by atoms with Gasteiger partial charge in [-0.05, 0) is 48.0 Å². The summed E-state index contributed by atoms with van der Waals surface area (Å²) in [6.07, 6.45) is 8.60. The SMILES string of the molecule is CCCCCCCCCOc1ccc(C(=O)Nc2cccc3c(=O)cc(-c4nn[nH]n4)oc23)cc1. The first-order valence-corrected chi connectivity index (χ1v) is 12.0. The van der Waals surface area contributed by atoms with Gasteiger partial charge in [0.25, 0.3) is 5.91 Å². The van der Waals surface area contributed by atoms with Crippen molar-refractivity contribution in [2.45, 2.75) is 51.9 Å². The fourth-order valence-electron chi connectivity index (χ4n) is 3.80. The maximum absolute atomic E-state index is 12.9. The third kappa shape index (κ3) is 6.32. The van der Waals surface area contributed by atoms with Crippen LogP contribution in [-0.4, -0.2) is 33.1 Å². The number of hydrogen-bond acceptors (Lipinski definition) is 7. The molecular formula is C26H29N5O4. The summed E-state index contributed by atoms with van der Waals surface area (Å²) >= 11 is 0. The first-order chi connectivity index (χ1) is 17.2. The van der Waals surface area contributed by atoms with Crippen LogP contribution in [0.2, 0.25) is 0 Å². The lowest BCUT2D eigenvalue weighted by atomic mass is 10.1. The minimum atomic E-state index is -0.330. The molecule has 2 aromatic carbocycles. The molecule has 4 aromatic rings. The number of hydrogen-bond donors (Lipinski definition) is 2. The molecule has 0 saturated carbocycles. The van der Waals surface area contributed by atoms with E-state index in [1.807, 2.05) is 0 Å². The van der Waals surface area contributed by atoms with Gasteiger partial charge in [-0.1, -0.05) is 51.5 Å². The van der Waals surface area contributed by atoms with Crippen LogP contribution in [0.5, 0.6) is 5.75 Å². The average molecular weight is 476 g/mol. The van der Waals surface area contributed by atoms with Gasteiger partial charge >= 0.3 is 0 Å². The van der Waals surface area contributed by atoms with Crippen LogP contribution in [0.25, 0.3) is 22.6 Å². The summed E-state index contributed by atoms with van der Waals surface area (Å²) in [5.41, 5.74) is 0.795. The topological polar surface area (TPSA) is 123 Å². The molecule has 0 unspecified atom stereocenters. The number of nitrogens with zero attached hydrogens (tertiary/aromatic N) is 3. The number of aromatic amines is 1. The Hall–Kier alpha value is -4.01. The number of aromatic nitrogens is 4. The van der Waals surface area contributed by atoms with Crippen molar-refractivity contribution < 1.29 is 13.9 Å². The third-order valence-corrected chi connectivity index (χ3v) is 5.70. The molecule has 0 radical (unpaired) electrons. The van der Waals surface area contributed by atoms with Gasteiger partial charge in [0.1, 0.15) is 5.75 Å². The maximum atomic E-state index is 12.9. The monoisotopic (exact) mass is 475 g/mol. The molecule has 0 fully saturated rings. The van der Waals surface area contributed by atoms with E-state index >= 15 is 0 Å². The van der Waals surface area contributed by atoms with Gasteiger partial charge in [0.15, 0.2) is 16.8 Å². The van der Waals surface area contributed by atoms with Gasteiger partial charge in [0, 0.05) is 11.6 Å². The molecule has 0 aliphatic heterocycles. The highest BCUT2D eigenvalue weighted by Crippen LogP contribution is 2.26. The lowest BCUT2D eigenvalue weighted by molar-refractivity contribution is 0.102. The molecule has 35 heavy (non-hydrogen) atoms. The molecule has 2 heterocycles. The first kappa shape index (κ1) is 24.1. The van der Waals surface area contributed by atoms with Crippen LogP contribution in [0.3, 0.4) is 0 Å². The molecule has 2 N–H and O–H groups in total. The highest BCUT2D eigenvalue weighted by Gasteiger charge is 2.15. The molecule has 9 heteroatoms. The van der Waals surface area contributed by atoms with Gasteiger partial charge in [-0.2, -0.15) is 5.21 Å². The van der Waals surface area contributed by atoms with Gasteiger partial charge in [0.2, 0.25) is 5.82 Å². The molecule has 0 spiro atoms. The summed E-state index contributed by atoms with van der Waals surface area (Å²) in [6, 6.07) is 13.3. The van der Waals surface area contributed by atoms with Crippen molar-refractivity contribution >= 4 is 22.6 Å². The number of ether oxygens (including phenoxy) is 1. The Bertz CT molecular complexity index is 1300. The minimum Gasteiger partial charge on any atom is -0.494 e. The van der Waals surface area contributed by atoms with Crippen LogP contribution in [0.15, 0.2) is 57.7 Å². The third-order valence-electron chi connectivity index (χ3n) is 5.70. The van der Waals surface area contributed by atoms with E-state index in [0.29, 0.717) is 23.2 Å². The molecule has 0 bridgehead atoms. The standard InChI is InChI=1S/C26H29N5O4/c1-2-3-4-5-6-7-8-16-34-19-14-12-18(13-15-19)26(33)27-21-11-9-10-20-22(32)17-23(35-24(20)21)25-28-30-31-29-25/h9-15,17H,2-8,16H2,1H3,(H,27,33)(H,28,29,30,31). The van der Waals surface area contributed by atoms with Crippen LogP contribution in [0.1, 0.15) is 62.2 Å². The lowest BCUT2D eigenvalue weighted by Crippen LogP contribution is -2.13. The summed E-state index contributed by atoms with van der Waals surface area (Å²) < 4.78 is 11.7. The van der Waals surface area contributed by atoms with Gasteiger partial charge in [-0.25, -0.2) is 0 Å². The van der Waals surface area contributed by atoms with E-state index in [1.165, 1.54) is 44.6 Å². The number of amides is 1. The number of fused-ring (bicyclic) bond motifs is 1. The predicted molar refractivity (Wildman–Crippen MR) is 134 cm³/mol. The highest BCUT2D eigenvalue weighted by atomic mass is 16.5. The number of carbonyl (C=O) groups is 1.